The first-order valence-electron chi connectivity index (χ1n) is 4.81. The number of rotatable bonds is 2. The first-order valence-corrected chi connectivity index (χ1v) is 4.81. The number of aliphatic imine (C=N–C) groups is 1. The van der Waals surface area contributed by atoms with Gasteiger partial charge in [0.25, 0.3) is 0 Å². The van der Waals surface area contributed by atoms with Crippen LogP contribution in [0, 0.1) is 5.92 Å². The van der Waals surface area contributed by atoms with Crippen LogP contribution < -0.4 is 0 Å². The Balaban J connectivity index is 2.79. The van der Waals surface area contributed by atoms with Gasteiger partial charge in [-0.25, -0.2) is 0 Å². The Kier molecular flexibility index (Phi) is 3.07. The molecule has 0 saturated heterocycles. The molecule has 0 aromatic rings. The van der Waals surface area contributed by atoms with Crippen LogP contribution in [0.1, 0.15) is 27.2 Å². The molecule has 0 N–H and O–H groups in total. The molecule has 1 rings (SSSR count). The molecule has 0 aliphatic carbocycles. The van der Waals surface area contributed by atoms with Crippen LogP contribution in [-0.2, 0) is 4.79 Å². The second-order valence-electron chi connectivity index (χ2n) is 3.92. The summed E-state index contributed by atoms with van der Waals surface area (Å²) in [5, 5.41) is 0. The van der Waals surface area contributed by atoms with E-state index in [2.05, 4.69) is 18.8 Å². The third kappa shape index (κ3) is 2.08. The minimum absolute atomic E-state index is 0.0508. The molecule has 1 aliphatic heterocycles. The summed E-state index contributed by atoms with van der Waals surface area (Å²) in [5.74, 6) is 1.72. The molecule has 0 bridgehead atoms. The molecule has 74 valence electrons. The zero-order valence-corrected chi connectivity index (χ0v) is 8.87. The largest absolute Gasteiger partial charge is 0.353 e. The first kappa shape index (κ1) is 10.2. The van der Waals surface area contributed by atoms with Gasteiger partial charge in [-0.15, -0.1) is 0 Å². The Morgan fingerprint density at radius 2 is 2.23 bits per heavy atom. The Morgan fingerprint density at radius 3 is 2.69 bits per heavy atom. The number of Topliss-reactive ketones (excluding diaryl/α,β-unsaturated/α-hetero) is 1. The molecule has 13 heavy (non-hydrogen) atoms. The van der Waals surface area contributed by atoms with Crippen molar-refractivity contribution in [1.29, 1.82) is 0 Å². The Morgan fingerprint density at radius 1 is 1.62 bits per heavy atom. The van der Waals surface area contributed by atoms with Crippen molar-refractivity contribution in [3.05, 3.63) is 0 Å². The van der Waals surface area contributed by atoms with Gasteiger partial charge in [0.15, 0.2) is 5.78 Å². The summed E-state index contributed by atoms with van der Waals surface area (Å²) in [6.07, 6.45) is 0.863. The lowest BCUT2D eigenvalue weighted by Crippen LogP contribution is -2.46. The van der Waals surface area contributed by atoms with Crippen LogP contribution >= 0.6 is 0 Å². The van der Waals surface area contributed by atoms with Gasteiger partial charge in [-0.3, -0.25) is 9.79 Å². The van der Waals surface area contributed by atoms with Crippen LogP contribution in [-0.4, -0.2) is 36.2 Å². The van der Waals surface area contributed by atoms with Crippen molar-refractivity contribution in [3.63, 3.8) is 0 Å². The molecule has 3 nitrogen and oxygen atoms in total. The Labute approximate surface area is 79.8 Å². The molecule has 3 heteroatoms. The summed E-state index contributed by atoms with van der Waals surface area (Å²) in [4.78, 5) is 17.7. The van der Waals surface area contributed by atoms with Gasteiger partial charge >= 0.3 is 0 Å². The van der Waals surface area contributed by atoms with Crippen molar-refractivity contribution < 1.29 is 4.79 Å². The van der Waals surface area contributed by atoms with Gasteiger partial charge in [0.1, 0.15) is 5.84 Å². The van der Waals surface area contributed by atoms with Crippen LogP contribution in [0.3, 0.4) is 0 Å². The van der Waals surface area contributed by atoms with E-state index in [-0.39, 0.29) is 11.8 Å². The average Bonchev–Trinajstić information content (AvgIpc) is 2.03. The number of hydrogen-bond acceptors (Lipinski definition) is 3. The second-order valence-corrected chi connectivity index (χ2v) is 3.92. The summed E-state index contributed by atoms with van der Waals surface area (Å²) in [7, 11) is 1.96. The van der Waals surface area contributed by atoms with Gasteiger partial charge in [-0.1, -0.05) is 13.8 Å². The molecular weight excluding hydrogens is 164 g/mol. The van der Waals surface area contributed by atoms with Gasteiger partial charge in [0.2, 0.25) is 0 Å². The first-order chi connectivity index (χ1) is 6.04. The van der Waals surface area contributed by atoms with E-state index in [4.69, 9.17) is 0 Å². The number of carbonyl (C=O) groups excluding carboxylic acids is 1. The number of carbonyl (C=O) groups is 1. The SMILES string of the molecule is CC(=O)[C@@H]1CCN=C(C(C)C)N1C. The maximum absolute atomic E-state index is 11.3. The maximum atomic E-state index is 11.3. The third-order valence-corrected chi connectivity index (χ3v) is 2.49. The minimum atomic E-state index is 0.0508. The molecule has 0 fully saturated rings. The molecule has 0 aromatic carbocycles. The summed E-state index contributed by atoms with van der Waals surface area (Å²) >= 11 is 0. The van der Waals surface area contributed by atoms with Crippen LogP contribution in [0.4, 0.5) is 0 Å². The van der Waals surface area contributed by atoms with Gasteiger partial charge in [-0.2, -0.15) is 0 Å². The molecule has 1 aliphatic rings. The lowest BCUT2D eigenvalue weighted by Gasteiger charge is -2.34. The molecular formula is C10H18N2O. The Hall–Kier alpha value is -0.860. The lowest BCUT2D eigenvalue weighted by molar-refractivity contribution is -0.120. The van der Waals surface area contributed by atoms with Crippen molar-refractivity contribution in [2.75, 3.05) is 13.6 Å². The fraction of sp³-hybridized carbons (Fsp3) is 0.800. The molecule has 0 radical (unpaired) electrons. The second kappa shape index (κ2) is 3.90. The van der Waals surface area contributed by atoms with Crippen molar-refractivity contribution in [1.82, 2.24) is 4.90 Å². The molecule has 1 heterocycles. The molecule has 1 atom stereocenters. The molecule has 0 spiro atoms. The quantitative estimate of drug-likeness (QED) is 0.645. The Bertz CT molecular complexity index is 233. The number of hydrogen-bond donors (Lipinski definition) is 0. The predicted molar refractivity (Wildman–Crippen MR) is 54.0 cm³/mol. The molecule has 0 aromatic heterocycles. The van der Waals surface area contributed by atoms with Gasteiger partial charge in [-0.05, 0) is 13.3 Å². The minimum Gasteiger partial charge on any atom is -0.353 e. The van der Waals surface area contributed by atoms with Crippen LogP contribution in [0.5, 0.6) is 0 Å². The fourth-order valence-corrected chi connectivity index (χ4v) is 1.83. The summed E-state index contributed by atoms with van der Waals surface area (Å²) < 4.78 is 0. The molecule has 0 unspecified atom stereocenters. The van der Waals surface area contributed by atoms with E-state index in [0.717, 1.165) is 18.8 Å². The third-order valence-electron chi connectivity index (χ3n) is 2.49. The fourth-order valence-electron chi connectivity index (χ4n) is 1.83. The number of amidine groups is 1. The van der Waals surface area contributed by atoms with E-state index in [1.807, 2.05) is 11.9 Å². The monoisotopic (exact) mass is 182 g/mol. The van der Waals surface area contributed by atoms with E-state index in [9.17, 15) is 4.79 Å². The maximum Gasteiger partial charge on any atom is 0.152 e. The van der Waals surface area contributed by atoms with Crippen LogP contribution in [0.25, 0.3) is 0 Å². The summed E-state index contributed by atoms with van der Waals surface area (Å²) in [6, 6.07) is 0.0508. The smallest absolute Gasteiger partial charge is 0.152 e. The number of nitrogens with zero attached hydrogens (tertiary/aromatic N) is 2. The van der Waals surface area contributed by atoms with Crippen molar-refractivity contribution in [2.24, 2.45) is 10.9 Å². The predicted octanol–water partition coefficient (Wildman–Crippen LogP) is 1.33. The van der Waals surface area contributed by atoms with Crippen molar-refractivity contribution in [2.45, 2.75) is 33.2 Å². The highest BCUT2D eigenvalue weighted by atomic mass is 16.1. The van der Waals surface area contributed by atoms with E-state index < -0.39 is 0 Å². The zero-order valence-electron chi connectivity index (χ0n) is 8.87. The topological polar surface area (TPSA) is 32.7 Å². The van der Waals surface area contributed by atoms with Crippen molar-refractivity contribution >= 4 is 11.6 Å². The summed E-state index contributed by atoms with van der Waals surface area (Å²) in [6.45, 7) is 6.67. The van der Waals surface area contributed by atoms with Crippen LogP contribution in [0.15, 0.2) is 4.99 Å². The van der Waals surface area contributed by atoms with E-state index >= 15 is 0 Å². The van der Waals surface area contributed by atoms with Gasteiger partial charge in [0.05, 0.1) is 6.04 Å². The average molecular weight is 182 g/mol. The van der Waals surface area contributed by atoms with E-state index in [0.29, 0.717) is 5.92 Å². The number of ketones is 1. The van der Waals surface area contributed by atoms with Crippen LogP contribution in [0.2, 0.25) is 0 Å². The highest BCUT2D eigenvalue weighted by Crippen LogP contribution is 2.15. The number of likely N-dealkylation sites (N-methyl/N-ethyl adjacent to an activating group) is 1. The lowest BCUT2D eigenvalue weighted by atomic mass is 10.0. The summed E-state index contributed by atoms with van der Waals surface area (Å²) in [5.41, 5.74) is 0. The van der Waals surface area contributed by atoms with E-state index in [1.165, 1.54) is 0 Å². The molecule has 0 amide bonds. The van der Waals surface area contributed by atoms with Gasteiger partial charge in [0, 0.05) is 19.5 Å². The van der Waals surface area contributed by atoms with Gasteiger partial charge < -0.3 is 4.90 Å². The van der Waals surface area contributed by atoms with Crippen molar-refractivity contribution in [3.8, 4) is 0 Å². The molecule has 0 saturated carbocycles. The highest BCUT2D eigenvalue weighted by molar-refractivity contribution is 5.91. The van der Waals surface area contributed by atoms with E-state index in [1.54, 1.807) is 6.92 Å². The highest BCUT2D eigenvalue weighted by Gasteiger charge is 2.26. The normalized spacial score (nSPS) is 23.3. The zero-order chi connectivity index (χ0) is 10.0. The standard InChI is InChI=1S/C10H18N2O/c1-7(2)10-11-6-5-9(8(3)13)12(10)4/h7,9H,5-6H2,1-4H3/t9-/m0/s1.